The molecule has 2 aromatic rings. The first-order valence-corrected chi connectivity index (χ1v) is 9.06. The van der Waals surface area contributed by atoms with Crippen molar-refractivity contribution < 1.29 is 9.32 Å². The fourth-order valence-corrected chi connectivity index (χ4v) is 3.96. The summed E-state index contributed by atoms with van der Waals surface area (Å²) in [5.41, 5.74) is 1.53. The average molecular weight is 325 g/mol. The number of hydrogen-bond acceptors (Lipinski definition) is 4. The van der Waals surface area contributed by atoms with Gasteiger partial charge in [0.2, 0.25) is 0 Å². The number of amides is 1. The lowest BCUT2D eigenvalue weighted by Crippen LogP contribution is -2.40. The molecule has 126 valence electrons. The zero-order chi connectivity index (χ0) is 16.4. The molecule has 2 heterocycles. The molecule has 2 aromatic heterocycles. The van der Waals surface area contributed by atoms with Gasteiger partial charge in [-0.15, -0.1) is 0 Å². The highest BCUT2D eigenvalue weighted by Gasteiger charge is 2.33. The van der Waals surface area contributed by atoms with Crippen LogP contribution in [0.1, 0.15) is 66.8 Å². The van der Waals surface area contributed by atoms with Gasteiger partial charge in [-0.2, -0.15) is 0 Å². The van der Waals surface area contributed by atoms with Gasteiger partial charge >= 0.3 is 0 Å². The van der Waals surface area contributed by atoms with E-state index in [1.165, 1.54) is 6.42 Å². The van der Waals surface area contributed by atoms with E-state index in [1.807, 2.05) is 23.1 Å². The molecule has 2 aliphatic rings. The molecule has 4 rings (SSSR count). The molecule has 5 heteroatoms. The quantitative estimate of drug-likeness (QED) is 0.802. The van der Waals surface area contributed by atoms with Crippen molar-refractivity contribution in [2.45, 2.75) is 63.8 Å². The summed E-state index contributed by atoms with van der Waals surface area (Å²) in [5, 5.41) is 4.16. The van der Waals surface area contributed by atoms with Crippen LogP contribution in [-0.4, -0.2) is 22.1 Å². The smallest absolute Gasteiger partial charge is 0.282 e. The van der Waals surface area contributed by atoms with Gasteiger partial charge in [0.15, 0.2) is 5.69 Å². The van der Waals surface area contributed by atoms with Crippen molar-refractivity contribution in [2.75, 3.05) is 4.90 Å². The van der Waals surface area contributed by atoms with Crippen LogP contribution < -0.4 is 4.90 Å². The van der Waals surface area contributed by atoms with Gasteiger partial charge in [0.05, 0.1) is 0 Å². The van der Waals surface area contributed by atoms with E-state index in [4.69, 9.17) is 4.52 Å². The highest BCUT2D eigenvalue weighted by atomic mass is 16.5. The Morgan fingerprint density at radius 3 is 2.71 bits per heavy atom. The number of fused-ring (bicyclic) bond motifs is 1. The van der Waals surface area contributed by atoms with E-state index in [9.17, 15) is 4.79 Å². The minimum Gasteiger partial charge on any atom is -0.360 e. The predicted molar refractivity (Wildman–Crippen MR) is 91.1 cm³/mol. The van der Waals surface area contributed by atoms with Crippen LogP contribution >= 0.6 is 0 Å². The highest BCUT2D eigenvalue weighted by Crippen LogP contribution is 2.31. The normalized spacial score (nSPS) is 18.2. The Labute approximate surface area is 142 Å². The summed E-state index contributed by atoms with van der Waals surface area (Å²) in [5.74, 6) is 1.58. The minimum atomic E-state index is -0.0486. The largest absolute Gasteiger partial charge is 0.360 e. The molecule has 0 aliphatic heterocycles. The van der Waals surface area contributed by atoms with Crippen LogP contribution in [-0.2, 0) is 12.8 Å². The Bertz CT molecular complexity index is 705. The SMILES string of the molecule is O=C(c1noc2c1CCCCC2)N(c1ccccn1)C1CCCC1. The van der Waals surface area contributed by atoms with E-state index in [2.05, 4.69) is 10.1 Å². The summed E-state index contributed by atoms with van der Waals surface area (Å²) in [6, 6.07) is 5.93. The molecule has 0 radical (unpaired) electrons. The van der Waals surface area contributed by atoms with Crippen LogP contribution in [0.15, 0.2) is 28.9 Å². The molecule has 5 nitrogen and oxygen atoms in total. The van der Waals surface area contributed by atoms with Crippen molar-refractivity contribution in [3.63, 3.8) is 0 Å². The number of rotatable bonds is 3. The fraction of sp³-hybridized carbons (Fsp3) is 0.526. The Balaban J connectivity index is 1.70. The molecule has 0 saturated heterocycles. The summed E-state index contributed by atoms with van der Waals surface area (Å²) in [4.78, 5) is 19.6. The third kappa shape index (κ3) is 2.83. The topological polar surface area (TPSA) is 59.2 Å². The minimum absolute atomic E-state index is 0.0486. The molecule has 1 fully saturated rings. The molecular weight excluding hydrogens is 302 g/mol. The molecule has 0 spiro atoms. The second-order valence-electron chi connectivity index (χ2n) is 6.79. The van der Waals surface area contributed by atoms with Crippen LogP contribution in [0, 0.1) is 0 Å². The van der Waals surface area contributed by atoms with Gasteiger partial charge in [-0.25, -0.2) is 4.98 Å². The van der Waals surface area contributed by atoms with E-state index < -0.39 is 0 Å². The van der Waals surface area contributed by atoms with Crippen LogP contribution in [0.4, 0.5) is 5.82 Å². The molecule has 0 N–H and O–H groups in total. The van der Waals surface area contributed by atoms with Crippen LogP contribution in [0.3, 0.4) is 0 Å². The van der Waals surface area contributed by atoms with E-state index >= 15 is 0 Å². The van der Waals surface area contributed by atoms with Gasteiger partial charge in [0, 0.05) is 24.2 Å². The third-order valence-electron chi connectivity index (χ3n) is 5.21. The monoisotopic (exact) mass is 325 g/mol. The van der Waals surface area contributed by atoms with Crippen molar-refractivity contribution in [1.82, 2.24) is 10.1 Å². The first kappa shape index (κ1) is 15.4. The zero-order valence-electron chi connectivity index (χ0n) is 13.9. The molecule has 0 atom stereocenters. The van der Waals surface area contributed by atoms with Crippen LogP contribution in [0.25, 0.3) is 0 Å². The molecule has 1 saturated carbocycles. The number of aromatic nitrogens is 2. The summed E-state index contributed by atoms with van der Waals surface area (Å²) in [7, 11) is 0. The maximum atomic E-state index is 13.3. The van der Waals surface area contributed by atoms with Crippen molar-refractivity contribution in [2.24, 2.45) is 0 Å². The van der Waals surface area contributed by atoms with Gasteiger partial charge in [-0.3, -0.25) is 9.69 Å². The Kier molecular flexibility index (Phi) is 4.32. The van der Waals surface area contributed by atoms with E-state index in [-0.39, 0.29) is 11.9 Å². The fourth-order valence-electron chi connectivity index (χ4n) is 3.96. The van der Waals surface area contributed by atoms with E-state index in [0.717, 1.165) is 68.5 Å². The van der Waals surface area contributed by atoms with Crippen molar-refractivity contribution in [1.29, 1.82) is 0 Å². The van der Waals surface area contributed by atoms with Gasteiger partial charge in [-0.05, 0) is 44.2 Å². The number of hydrogen-bond donors (Lipinski definition) is 0. The lowest BCUT2D eigenvalue weighted by atomic mass is 10.1. The number of carbonyl (C=O) groups is 1. The van der Waals surface area contributed by atoms with Crippen LogP contribution in [0.5, 0.6) is 0 Å². The van der Waals surface area contributed by atoms with Crippen molar-refractivity contribution in [3.05, 3.63) is 41.4 Å². The van der Waals surface area contributed by atoms with Crippen LogP contribution in [0.2, 0.25) is 0 Å². The number of anilines is 1. The highest BCUT2D eigenvalue weighted by molar-refractivity contribution is 6.05. The van der Waals surface area contributed by atoms with Crippen molar-refractivity contribution in [3.8, 4) is 0 Å². The molecule has 0 bridgehead atoms. The van der Waals surface area contributed by atoms with Gasteiger partial charge in [0.1, 0.15) is 11.6 Å². The summed E-state index contributed by atoms with van der Waals surface area (Å²) in [6.07, 6.45) is 11.3. The number of nitrogens with zero attached hydrogens (tertiary/aromatic N) is 3. The van der Waals surface area contributed by atoms with Gasteiger partial charge < -0.3 is 4.52 Å². The lowest BCUT2D eigenvalue weighted by Gasteiger charge is -2.27. The summed E-state index contributed by atoms with van der Waals surface area (Å²) >= 11 is 0. The second-order valence-corrected chi connectivity index (χ2v) is 6.79. The third-order valence-corrected chi connectivity index (χ3v) is 5.21. The molecule has 24 heavy (non-hydrogen) atoms. The molecular formula is C19H23N3O2. The maximum Gasteiger partial charge on any atom is 0.282 e. The Hall–Kier alpha value is -2.17. The Morgan fingerprint density at radius 2 is 1.92 bits per heavy atom. The summed E-state index contributed by atoms with van der Waals surface area (Å²) in [6.45, 7) is 0. The number of pyridine rings is 1. The van der Waals surface area contributed by atoms with Crippen molar-refractivity contribution >= 4 is 11.7 Å². The summed E-state index contributed by atoms with van der Waals surface area (Å²) < 4.78 is 5.52. The first-order valence-electron chi connectivity index (χ1n) is 9.06. The molecule has 1 amide bonds. The van der Waals surface area contributed by atoms with Gasteiger partial charge in [-0.1, -0.05) is 30.5 Å². The predicted octanol–water partition coefficient (Wildman–Crippen LogP) is 3.93. The lowest BCUT2D eigenvalue weighted by molar-refractivity contribution is 0.0966. The van der Waals surface area contributed by atoms with Gasteiger partial charge in [0.25, 0.3) is 5.91 Å². The second kappa shape index (κ2) is 6.75. The molecule has 2 aliphatic carbocycles. The number of aryl methyl sites for hydroxylation is 1. The zero-order valence-corrected chi connectivity index (χ0v) is 13.9. The Morgan fingerprint density at radius 1 is 1.08 bits per heavy atom. The molecule has 0 aromatic carbocycles. The number of carbonyl (C=O) groups excluding carboxylic acids is 1. The van der Waals surface area contributed by atoms with E-state index in [0.29, 0.717) is 5.69 Å². The first-order chi connectivity index (χ1) is 11.8. The maximum absolute atomic E-state index is 13.3. The molecule has 0 unspecified atom stereocenters. The van der Waals surface area contributed by atoms with E-state index in [1.54, 1.807) is 6.20 Å². The standard InChI is InChI=1S/C19H23N3O2/c23-19(18-15-10-2-1-3-11-16(15)24-21-18)22(14-8-4-5-9-14)17-12-6-7-13-20-17/h6-7,12-14H,1-5,8-11H2. The average Bonchev–Trinajstić information content (AvgIpc) is 3.21.